The van der Waals surface area contributed by atoms with E-state index in [1.807, 2.05) is 13.8 Å². The highest BCUT2D eigenvalue weighted by atomic mass is 32.2. The molecule has 0 fully saturated rings. The predicted molar refractivity (Wildman–Crippen MR) is 80.3 cm³/mol. The Labute approximate surface area is 125 Å². The van der Waals surface area contributed by atoms with Crippen LogP contribution in [0, 0.1) is 6.92 Å². The molecular weight excluding hydrogens is 290 g/mol. The van der Waals surface area contributed by atoms with Crippen LogP contribution in [-0.4, -0.2) is 31.3 Å². The molecule has 0 aliphatic rings. The van der Waals surface area contributed by atoms with E-state index in [1.54, 1.807) is 25.4 Å². The van der Waals surface area contributed by atoms with Gasteiger partial charge in [-0.15, -0.1) is 0 Å². The molecule has 0 aromatic carbocycles. The van der Waals surface area contributed by atoms with E-state index >= 15 is 0 Å². The summed E-state index contributed by atoms with van der Waals surface area (Å²) in [5.74, 6) is 0.735. The van der Waals surface area contributed by atoms with Gasteiger partial charge in [0.25, 0.3) is 0 Å². The number of nitrogens with zero attached hydrogens (tertiary/aromatic N) is 1. The lowest BCUT2D eigenvalue weighted by molar-refractivity contribution is 0.459. The van der Waals surface area contributed by atoms with Gasteiger partial charge in [0.2, 0.25) is 10.0 Å². The Balaban J connectivity index is 2.13. The highest BCUT2D eigenvalue weighted by Gasteiger charge is 2.23. The molecule has 116 valence electrons. The molecule has 6 nitrogen and oxygen atoms in total. The van der Waals surface area contributed by atoms with Crippen LogP contribution in [0.5, 0.6) is 0 Å². The van der Waals surface area contributed by atoms with E-state index in [0.29, 0.717) is 13.1 Å². The fraction of sp³-hybridized carbons (Fsp3) is 0.429. The summed E-state index contributed by atoms with van der Waals surface area (Å²) >= 11 is 0. The number of aryl methyl sites for hydroxylation is 1. The number of hydrogen-bond donors (Lipinski definition) is 2. The lowest BCUT2D eigenvalue weighted by Crippen LogP contribution is -2.26. The number of aromatic nitrogens is 1. The Kier molecular flexibility index (Phi) is 4.87. The second kappa shape index (κ2) is 6.46. The number of nitrogens with one attached hydrogen (secondary N) is 2. The van der Waals surface area contributed by atoms with Crippen molar-refractivity contribution in [3.8, 4) is 0 Å². The van der Waals surface area contributed by atoms with E-state index in [1.165, 1.54) is 10.5 Å². The summed E-state index contributed by atoms with van der Waals surface area (Å²) < 4.78 is 31.5. The van der Waals surface area contributed by atoms with E-state index in [0.717, 1.165) is 23.6 Å². The van der Waals surface area contributed by atoms with Crippen LogP contribution in [0.25, 0.3) is 0 Å². The van der Waals surface area contributed by atoms with Crippen molar-refractivity contribution in [2.24, 2.45) is 0 Å². The molecule has 0 amide bonds. The Morgan fingerprint density at radius 3 is 2.81 bits per heavy atom. The molecule has 0 aliphatic heterocycles. The Morgan fingerprint density at radius 2 is 2.19 bits per heavy atom. The van der Waals surface area contributed by atoms with Crippen molar-refractivity contribution >= 4 is 10.0 Å². The molecule has 21 heavy (non-hydrogen) atoms. The van der Waals surface area contributed by atoms with Crippen LogP contribution in [-0.2, 0) is 23.1 Å². The largest absolute Gasteiger partial charge is 0.469 e. The van der Waals surface area contributed by atoms with Crippen molar-refractivity contribution in [1.29, 1.82) is 0 Å². The second-order valence-electron chi connectivity index (χ2n) is 4.90. The van der Waals surface area contributed by atoms with Gasteiger partial charge in [-0.1, -0.05) is 6.92 Å². The molecule has 0 atom stereocenters. The van der Waals surface area contributed by atoms with Gasteiger partial charge in [0.1, 0.15) is 5.76 Å². The van der Waals surface area contributed by atoms with E-state index < -0.39 is 10.0 Å². The van der Waals surface area contributed by atoms with Crippen LogP contribution in [0.15, 0.2) is 33.9 Å². The second-order valence-corrected chi connectivity index (χ2v) is 6.95. The summed E-state index contributed by atoms with van der Waals surface area (Å²) in [5, 5.41) is 3.15. The highest BCUT2D eigenvalue weighted by molar-refractivity contribution is 7.89. The standard InChI is InChI=1S/C14H21N3O3S/c1-4-15-8-13-7-14(9-16-13)21(18,19)17(3)10-12-5-6-20-11(12)2/h5-7,9,15-16H,4,8,10H2,1-3H3. The van der Waals surface area contributed by atoms with Crippen molar-refractivity contribution in [3.05, 3.63) is 41.6 Å². The monoisotopic (exact) mass is 311 g/mol. The molecule has 0 saturated heterocycles. The van der Waals surface area contributed by atoms with E-state index in [9.17, 15) is 8.42 Å². The fourth-order valence-corrected chi connectivity index (χ4v) is 3.18. The molecule has 0 radical (unpaired) electrons. The Bertz CT molecular complexity index is 688. The predicted octanol–water partition coefficient (Wildman–Crippen LogP) is 1.85. The normalized spacial score (nSPS) is 12.2. The molecule has 2 aromatic rings. The fourth-order valence-electron chi connectivity index (χ4n) is 2.01. The van der Waals surface area contributed by atoms with Gasteiger partial charge in [-0.05, 0) is 25.6 Å². The number of furan rings is 1. The number of hydrogen-bond acceptors (Lipinski definition) is 4. The third-order valence-electron chi connectivity index (χ3n) is 3.35. The number of sulfonamides is 1. The topological polar surface area (TPSA) is 78.3 Å². The Hall–Kier alpha value is -1.57. The first kappa shape index (κ1) is 15.8. The molecular formula is C14H21N3O3S. The van der Waals surface area contributed by atoms with Crippen molar-refractivity contribution < 1.29 is 12.8 Å². The first-order valence-corrected chi connectivity index (χ1v) is 8.26. The van der Waals surface area contributed by atoms with Gasteiger partial charge < -0.3 is 14.7 Å². The minimum atomic E-state index is -3.50. The minimum absolute atomic E-state index is 0.277. The average Bonchev–Trinajstić information content (AvgIpc) is 3.06. The molecule has 0 saturated carbocycles. The zero-order valence-corrected chi connectivity index (χ0v) is 13.3. The lowest BCUT2D eigenvalue weighted by Gasteiger charge is -2.15. The molecule has 2 heterocycles. The maximum absolute atomic E-state index is 12.5. The van der Waals surface area contributed by atoms with Crippen molar-refractivity contribution in [1.82, 2.24) is 14.6 Å². The molecule has 0 unspecified atom stereocenters. The zero-order valence-electron chi connectivity index (χ0n) is 12.5. The van der Waals surface area contributed by atoms with Crippen molar-refractivity contribution in [2.45, 2.75) is 31.8 Å². The number of H-pyrrole nitrogens is 1. The van der Waals surface area contributed by atoms with Crippen molar-refractivity contribution in [3.63, 3.8) is 0 Å². The molecule has 0 spiro atoms. The van der Waals surface area contributed by atoms with Gasteiger partial charge >= 0.3 is 0 Å². The van der Waals surface area contributed by atoms with Crippen LogP contribution in [0.2, 0.25) is 0 Å². The maximum atomic E-state index is 12.5. The number of rotatable bonds is 7. The third kappa shape index (κ3) is 3.55. The first-order valence-electron chi connectivity index (χ1n) is 6.82. The van der Waals surface area contributed by atoms with Crippen LogP contribution < -0.4 is 5.32 Å². The van der Waals surface area contributed by atoms with Crippen molar-refractivity contribution in [2.75, 3.05) is 13.6 Å². The van der Waals surface area contributed by atoms with E-state index in [2.05, 4.69) is 10.3 Å². The molecule has 0 bridgehead atoms. The first-order chi connectivity index (χ1) is 9.95. The summed E-state index contributed by atoms with van der Waals surface area (Å²) in [7, 11) is -1.94. The van der Waals surface area contributed by atoms with Gasteiger partial charge in [-0.2, -0.15) is 4.31 Å². The van der Waals surface area contributed by atoms with Crippen LogP contribution >= 0.6 is 0 Å². The SMILES string of the molecule is CCNCc1cc(S(=O)(=O)N(C)Cc2ccoc2C)c[nH]1. The minimum Gasteiger partial charge on any atom is -0.469 e. The molecule has 2 N–H and O–H groups in total. The number of aromatic amines is 1. The smallest absolute Gasteiger partial charge is 0.244 e. The van der Waals surface area contributed by atoms with Crippen LogP contribution in [0.4, 0.5) is 0 Å². The highest BCUT2D eigenvalue weighted by Crippen LogP contribution is 2.19. The summed E-state index contributed by atoms with van der Waals surface area (Å²) in [6.45, 7) is 5.57. The zero-order chi connectivity index (χ0) is 15.5. The van der Waals surface area contributed by atoms with E-state index in [-0.39, 0.29) is 4.90 Å². The lowest BCUT2D eigenvalue weighted by atomic mass is 10.3. The van der Waals surface area contributed by atoms with Gasteiger partial charge in [0, 0.05) is 37.6 Å². The molecule has 7 heteroatoms. The molecule has 2 aromatic heterocycles. The van der Waals surface area contributed by atoms with Gasteiger partial charge in [-0.25, -0.2) is 8.42 Å². The van der Waals surface area contributed by atoms with Gasteiger partial charge in [-0.3, -0.25) is 0 Å². The van der Waals surface area contributed by atoms with E-state index in [4.69, 9.17) is 4.42 Å². The van der Waals surface area contributed by atoms with Gasteiger partial charge in [0.05, 0.1) is 11.2 Å². The maximum Gasteiger partial charge on any atom is 0.244 e. The Morgan fingerprint density at radius 1 is 1.43 bits per heavy atom. The molecule has 0 aliphatic carbocycles. The quantitative estimate of drug-likeness (QED) is 0.818. The third-order valence-corrected chi connectivity index (χ3v) is 5.13. The van der Waals surface area contributed by atoms with Crippen LogP contribution in [0.3, 0.4) is 0 Å². The summed E-state index contributed by atoms with van der Waals surface area (Å²) in [4.78, 5) is 3.26. The summed E-state index contributed by atoms with van der Waals surface area (Å²) in [5.41, 5.74) is 1.72. The molecule has 2 rings (SSSR count). The average molecular weight is 311 g/mol. The van der Waals surface area contributed by atoms with Gasteiger partial charge in [0.15, 0.2) is 0 Å². The summed E-state index contributed by atoms with van der Waals surface area (Å²) in [6.07, 6.45) is 3.09. The van der Waals surface area contributed by atoms with Crippen LogP contribution in [0.1, 0.15) is 23.9 Å². The summed E-state index contributed by atoms with van der Waals surface area (Å²) in [6, 6.07) is 3.45.